The first kappa shape index (κ1) is 20.7. The van der Waals surface area contributed by atoms with Crippen LogP contribution >= 0.6 is 0 Å². The van der Waals surface area contributed by atoms with E-state index in [-0.39, 0.29) is 23.7 Å². The van der Waals surface area contributed by atoms with E-state index in [0.717, 1.165) is 17.4 Å². The quantitative estimate of drug-likeness (QED) is 0.637. The number of rotatable bonds is 6. The van der Waals surface area contributed by atoms with Crippen molar-refractivity contribution in [3.8, 4) is 11.4 Å². The number of hydrogen-bond acceptors (Lipinski definition) is 6. The largest absolute Gasteiger partial charge is 0.350 e. The minimum absolute atomic E-state index is 0.132. The molecule has 31 heavy (non-hydrogen) atoms. The molecule has 162 valence electrons. The van der Waals surface area contributed by atoms with Crippen LogP contribution < -0.4 is 16.6 Å². The number of fused-ring (bicyclic) bond motifs is 1. The van der Waals surface area contributed by atoms with Gasteiger partial charge in [-0.1, -0.05) is 24.2 Å². The zero-order valence-electron chi connectivity index (χ0n) is 17.1. The van der Waals surface area contributed by atoms with Crippen LogP contribution in [0.15, 0.2) is 38.4 Å². The smallest absolute Gasteiger partial charge is 0.331 e. The van der Waals surface area contributed by atoms with Crippen molar-refractivity contribution in [1.82, 2.24) is 24.6 Å². The Bertz CT molecular complexity index is 1230. The van der Waals surface area contributed by atoms with Crippen molar-refractivity contribution in [1.29, 1.82) is 0 Å². The van der Waals surface area contributed by atoms with Crippen molar-refractivity contribution in [2.45, 2.75) is 52.2 Å². The Hall–Kier alpha value is -3.56. The summed E-state index contributed by atoms with van der Waals surface area (Å²) in [5, 5.41) is 6.57. The summed E-state index contributed by atoms with van der Waals surface area (Å²) in [5.41, 5.74) is 0.337. The maximum absolute atomic E-state index is 13.2. The number of carbonyl (C=O) groups is 1. The number of aryl methyl sites for hydroxylation is 1. The molecule has 0 aliphatic carbocycles. The molecular formula is C21H22FN5O4. The molecule has 2 aromatic heterocycles. The fourth-order valence-electron chi connectivity index (χ4n) is 3.66. The van der Waals surface area contributed by atoms with Crippen molar-refractivity contribution in [2.24, 2.45) is 0 Å². The fourth-order valence-corrected chi connectivity index (χ4v) is 3.66. The summed E-state index contributed by atoms with van der Waals surface area (Å²) < 4.78 is 20.6. The van der Waals surface area contributed by atoms with E-state index in [1.54, 1.807) is 12.1 Å². The number of halogens is 1. The SMILES string of the molecule is CCc1nc(-c2c3n(c(=O)n(CC(=O)NCc4ccc(F)cc4)c2=O)CCCC3)no1. The molecule has 0 radical (unpaired) electrons. The molecular weight excluding hydrogens is 405 g/mol. The maximum Gasteiger partial charge on any atom is 0.331 e. The number of benzene rings is 1. The molecule has 3 aromatic rings. The summed E-state index contributed by atoms with van der Waals surface area (Å²) in [6.07, 6.45) is 2.70. The molecule has 1 aliphatic heterocycles. The second-order valence-corrected chi connectivity index (χ2v) is 7.37. The van der Waals surface area contributed by atoms with Gasteiger partial charge in [-0.15, -0.1) is 0 Å². The molecule has 0 spiro atoms. The van der Waals surface area contributed by atoms with Gasteiger partial charge in [-0.2, -0.15) is 4.98 Å². The Morgan fingerprint density at radius 2 is 2.00 bits per heavy atom. The van der Waals surface area contributed by atoms with Crippen LogP contribution in [0.25, 0.3) is 11.4 Å². The molecule has 1 aliphatic rings. The van der Waals surface area contributed by atoms with Crippen LogP contribution in [-0.2, 0) is 37.3 Å². The van der Waals surface area contributed by atoms with Gasteiger partial charge in [0.1, 0.15) is 17.9 Å². The van der Waals surface area contributed by atoms with Crippen LogP contribution in [0.1, 0.15) is 36.9 Å². The first-order valence-electron chi connectivity index (χ1n) is 10.2. The molecule has 0 fully saturated rings. The van der Waals surface area contributed by atoms with Crippen LogP contribution in [0.3, 0.4) is 0 Å². The van der Waals surface area contributed by atoms with Crippen molar-refractivity contribution in [3.05, 3.63) is 68.1 Å². The van der Waals surface area contributed by atoms with E-state index in [1.807, 2.05) is 6.92 Å². The number of carbonyl (C=O) groups excluding carboxylic acids is 1. The Morgan fingerprint density at radius 3 is 2.71 bits per heavy atom. The standard InChI is InChI=1S/C21H22FN5O4/c1-2-17-24-19(25-31-17)18-15-5-3-4-10-26(15)21(30)27(20(18)29)12-16(28)23-11-13-6-8-14(22)9-7-13/h6-9H,2-5,10-12H2,1H3,(H,23,28). The lowest BCUT2D eigenvalue weighted by Gasteiger charge is -2.21. The van der Waals surface area contributed by atoms with Crippen molar-refractivity contribution >= 4 is 5.91 Å². The van der Waals surface area contributed by atoms with Gasteiger partial charge in [0.25, 0.3) is 5.56 Å². The lowest BCUT2D eigenvalue weighted by atomic mass is 10.0. The van der Waals surface area contributed by atoms with Gasteiger partial charge in [0, 0.05) is 25.2 Å². The van der Waals surface area contributed by atoms with E-state index < -0.39 is 23.7 Å². The number of hydrogen-bond donors (Lipinski definition) is 1. The summed E-state index contributed by atoms with van der Waals surface area (Å²) in [5.74, 6) is -0.358. The fraction of sp³-hybridized carbons (Fsp3) is 0.381. The third kappa shape index (κ3) is 4.18. The summed E-state index contributed by atoms with van der Waals surface area (Å²) >= 11 is 0. The van der Waals surface area contributed by atoms with E-state index in [0.29, 0.717) is 36.5 Å². The summed E-state index contributed by atoms with van der Waals surface area (Å²) in [6.45, 7) is 2.02. The Balaban J connectivity index is 1.66. The van der Waals surface area contributed by atoms with Gasteiger partial charge in [0.15, 0.2) is 0 Å². The van der Waals surface area contributed by atoms with E-state index in [4.69, 9.17) is 4.52 Å². The summed E-state index contributed by atoms with van der Waals surface area (Å²) in [4.78, 5) is 42.9. The molecule has 0 saturated carbocycles. The lowest BCUT2D eigenvalue weighted by Crippen LogP contribution is -2.46. The maximum atomic E-state index is 13.2. The number of amides is 1. The third-order valence-electron chi connectivity index (χ3n) is 5.28. The van der Waals surface area contributed by atoms with Gasteiger partial charge in [0.2, 0.25) is 17.6 Å². The molecule has 0 bridgehead atoms. The van der Waals surface area contributed by atoms with E-state index in [2.05, 4.69) is 15.5 Å². The highest BCUT2D eigenvalue weighted by atomic mass is 19.1. The van der Waals surface area contributed by atoms with Crippen molar-refractivity contribution in [2.75, 3.05) is 0 Å². The van der Waals surface area contributed by atoms with Crippen molar-refractivity contribution < 1.29 is 13.7 Å². The Kier molecular flexibility index (Phi) is 5.79. The average Bonchev–Trinajstić information content (AvgIpc) is 3.25. The van der Waals surface area contributed by atoms with Gasteiger partial charge in [-0.25, -0.2) is 9.18 Å². The molecule has 1 N–H and O–H groups in total. The van der Waals surface area contributed by atoms with E-state index in [1.165, 1.54) is 16.7 Å². The third-order valence-corrected chi connectivity index (χ3v) is 5.28. The summed E-state index contributed by atoms with van der Waals surface area (Å²) in [6, 6.07) is 5.69. The van der Waals surface area contributed by atoms with Gasteiger partial charge in [-0.05, 0) is 37.0 Å². The normalized spacial score (nSPS) is 13.1. The molecule has 1 amide bonds. The zero-order valence-corrected chi connectivity index (χ0v) is 17.1. The zero-order chi connectivity index (χ0) is 22.0. The molecule has 1 aromatic carbocycles. The molecule has 9 nitrogen and oxygen atoms in total. The highest BCUT2D eigenvalue weighted by molar-refractivity contribution is 5.75. The van der Waals surface area contributed by atoms with Gasteiger partial charge in [-0.3, -0.25) is 18.7 Å². The number of aromatic nitrogens is 4. The van der Waals surface area contributed by atoms with E-state index in [9.17, 15) is 18.8 Å². The van der Waals surface area contributed by atoms with Crippen LogP contribution in [0, 0.1) is 5.82 Å². The first-order valence-corrected chi connectivity index (χ1v) is 10.2. The number of nitrogens with zero attached hydrogens (tertiary/aromatic N) is 4. The van der Waals surface area contributed by atoms with Crippen molar-refractivity contribution in [3.63, 3.8) is 0 Å². The second-order valence-electron chi connectivity index (χ2n) is 7.37. The van der Waals surface area contributed by atoms with Gasteiger partial charge < -0.3 is 9.84 Å². The van der Waals surface area contributed by atoms with Crippen LogP contribution in [0.5, 0.6) is 0 Å². The molecule has 4 rings (SSSR count). The lowest BCUT2D eigenvalue weighted by molar-refractivity contribution is -0.121. The minimum atomic E-state index is -0.612. The average molecular weight is 427 g/mol. The minimum Gasteiger partial charge on any atom is -0.350 e. The molecule has 0 unspecified atom stereocenters. The van der Waals surface area contributed by atoms with Gasteiger partial charge >= 0.3 is 5.69 Å². The second kappa shape index (κ2) is 8.66. The van der Waals surface area contributed by atoms with Gasteiger partial charge in [0.05, 0.1) is 0 Å². The molecule has 10 heteroatoms. The predicted molar refractivity (Wildman–Crippen MR) is 109 cm³/mol. The monoisotopic (exact) mass is 427 g/mol. The Morgan fingerprint density at radius 1 is 1.23 bits per heavy atom. The summed E-state index contributed by atoms with van der Waals surface area (Å²) in [7, 11) is 0. The highest BCUT2D eigenvalue weighted by Crippen LogP contribution is 2.21. The topological polar surface area (TPSA) is 112 Å². The van der Waals surface area contributed by atoms with E-state index >= 15 is 0 Å². The van der Waals surface area contributed by atoms with Crippen LogP contribution in [0.4, 0.5) is 4.39 Å². The Labute approximate surface area is 176 Å². The van der Waals surface area contributed by atoms with Crippen LogP contribution in [-0.4, -0.2) is 25.2 Å². The molecule has 0 atom stereocenters. The van der Waals surface area contributed by atoms with Crippen LogP contribution in [0.2, 0.25) is 0 Å². The number of nitrogens with one attached hydrogen (secondary N) is 1. The predicted octanol–water partition coefficient (Wildman–Crippen LogP) is 1.41. The molecule has 3 heterocycles. The first-order chi connectivity index (χ1) is 15.0. The molecule has 0 saturated heterocycles. The highest BCUT2D eigenvalue weighted by Gasteiger charge is 2.26.